The van der Waals surface area contributed by atoms with E-state index in [1.165, 1.54) is 13.0 Å². The van der Waals surface area contributed by atoms with Gasteiger partial charge in [0.2, 0.25) is 6.54 Å². The third-order valence-electron chi connectivity index (χ3n) is 4.80. The molecule has 2 rings (SSSR count). The molecule has 0 bridgehead atoms. The highest BCUT2D eigenvalue weighted by atomic mass is 35.5. The summed E-state index contributed by atoms with van der Waals surface area (Å²) in [6.45, 7) is 2.67. The van der Waals surface area contributed by atoms with Crippen LogP contribution >= 0.6 is 11.6 Å². The molecule has 1 amide bonds. The maximum atomic E-state index is 13.0. The van der Waals surface area contributed by atoms with E-state index in [0.717, 1.165) is 12.1 Å². The number of ether oxygens (including phenoxy) is 1. The molecular formula is C18H20ClFN2O6. The Morgan fingerprint density at radius 1 is 1.46 bits per heavy atom. The third-order valence-corrected chi connectivity index (χ3v) is 5.11. The molecule has 8 nitrogen and oxygen atoms in total. The predicted molar refractivity (Wildman–Crippen MR) is 97.8 cm³/mol. The molecule has 0 spiro atoms. The van der Waals surface area contributed by atoms with Crippen molar-refractivity contribution in [2.45, 2.75) is 32.8 Å². The van der Waals surface area contributed by atoms with Gasteiger partial charge >= 0.3 is 5.97 Å². The minimum Gasteiger partial charge on any atom is -0.453 e. The van der Waals surface area contributed by atoms with Crippen LogP contribution in [0.15, 0.2) is 18.2 Å². The van der Waals surface area contributed by atoms with Gasteiger partial charge in [0, 0.05) is 23.2 Å². The van der Waals surface area contributed by atoms with Crippen LogP contribution in [0, 0.1) is 33.7 Å². The molecule has 1 aromatic carbocycles. The van der Waals surface area contributed by atoms with E-state index in [2.05, 4.69) is 5.32 Å². The first-order chi connectivity index (χ1) is 13.1. The summed E-state index contributed by atoms with van der Waals surface area (Å²) in [4.78, 5) is 46.7. The van der Waals surface area contributed by atoms with E-state index >= 15 is 0 Å². The molecule has 28 heavy (non-hydrogen) atoms. The van der Waals surface area contributed by atoms with Crippen LogP contribution in [-0.4, -0.2) is 35.2 Å². The fourth-order valence-corrected chi connectivity index (χ4v) is 3.52. The van der Waals surface area contributed by atoms with Crippen molar-refractivity contribution in [1.82, 2.24) is 0 Å². The van der Waals surface area contributed by atoms with Gasteiger partial charge in [0.25, 0.3) is 5.91 Å². The normalized spacial score (nSPS) is 22.6. The summed E-state index contributed by atoms with van der Waals surface area (Å²) in [5.74, 6) is -3.80. The first-order valence-corrected chi connectivity index (χ1v) is 9.06. The molecule has 1 aliphatic rings. The molecule has 0 unspecified atom stereocenters. The van der Waals surface area contributed by atoms with Crippen molar-refractivity contribution >= 4 is 34.9 Å². The Balaban J connectivity index is 1.94. The summed E-state index contributed by atoms with van der Waals surface area (Å²) in [6, 6.07) is 3.40. The molecule has 4 atom stereocenters. The zero-order chi connectivity index (χ0) is 21.0. The van der Waals surface area contributed by atoms with E-state index in [9.17, 15) is 28.9 Å². The van der Waals surface area contributed by atoms with Crippen molar-refractivity contribution in [1.29, 1.82) is 0 Å². The average molecular weight is 415 g/mol. The number of hydrogen-bond acceptors (Lipinski definition) is 6. The summed E-state index contributed by atoms with van der Waals surface area (Å²) in [6.07, 6.45) is -1.34. The molecule has 0 radical (unpaired) electrons. The van der Waals surface area contributed by atoms with Gasteiger partial charge in [-0.25, -0.2) is 4.39 Å². The molecule has 1 N–H and O–H groups in total. The Morgan fingerprint density at radius 2 is 2.14 bits per heavy atom. The number of nitrogens with one attached hydrogen (secondary N) is 1. The van der Waals surface area contributed by atoms with Crippen molar-refractivity contribution < 1.29 is 28.4 Å². The number of carbonyl (C=O) groups excluding carboxylic acids is 3. The number of nitro groups is 1. The van der Waals surface area contributed by atoms with Crippen molar-refractivity contribution in [3.05, 3.63) is 39.2 Å². The number of benzene rings is 1. The first kappa shape index (κ1) is 21.7. The Morgan fingerprint density at radius 3 is 2.75 bits per heavy atom. The maximum Gasteiger partial charge on any atom is 0.307 e. The molecule has 10 heteroatoms. The molecule has 152 valence electrons. The third kappa shape index (κ3) is 5.48. The van der Waals surface area contributed by atoms with Gasteiger partial charge < -0.3 is 10.1 Å². The fourth-order valence-electron chi connectivity index (χ4n) is 3.30. The molecule has 1 fully saturated rings. The van der Waals surface area contributed by atoms with Crippen molar-refractivity contribution in [2.24, 2.45) is 17.8 Å². The van der Waals surface area contributed by atoms with Crippen LogP contribution in [-0.2, 0) is 19.1 Å². The monoisotopic (exact) mass is 414 g/mol. The number of rotatable bonds is 7. The van der Waals surface area contributed by atoms with Gasteiger partial charge in [-0.2, -0.15) is 0 Å². The van der Waals surface area contributed by atoms with Crippen molar-refractivity contribution in [3.8, 4) is 0 Å². The van der Waals surface area contributed by atoms with Crippen LogP contribution in [0.2, 0.25) is 5.02 Å². The number of ketones is 1. The summed E-state index contributed by atoms with van der Waals surface area (Å²) in [5, 5.41) is 13.2. The van der Waals surface area contributed by atoms with E-state index in [1.54, 1.807) is 6.92 Å². The van der Waals surface area contributed by atoms with Gasteiger partial charge in [-0.1, -0.05) is 18.5 Å². The summed E-state index contributed by atoms with van der Waals surface area (Å²) in [5.41, 5.74) is 0.154. The van der Waals surface area contributed by atoms with Crippen LogP contribution in [0.3, 0.4) is 0 Å². The van der Waals surface area contributed by atoms with Gasteiger partial charge in [-0.3, -0.25) is 24.5 Å². The Labute approximate surface area is 165 Å². The molecule has 1 aromatic rings. The lowest BCUT2D eigenvalue weighted by Gasteiger charge is -2.19. The SMILES string of the molecule is C[C@H](OC(=O)C[C@@H]1C(=O)C[C@@H](C)[C@H]1C[N+](=O)[O-])C(=O)Nc1ccc(F)cc1Cl. The molecule has 1 saturated carbocycles. The van der Waals surface area contributed by atoms with E-state index in [1.807, 2.05) is 0 Å². The fraction of sp³-hybridized carbons (Fsp3) is 0.500. The highest BCUT2D eigenvalue weighted by Crippen LogP contribution is 2.36. The standard InChI is InChI=1S/C18H20ClFN2O6/c1-9-5-16(23)12(13(9)8-22(26)27)7-17(24)28-10(2)18(25)21-15-4-3-11(20)6-14(15)19/h3-4,6,9-10,12-13H,5,7-8H2,1-2H3,(H,21,25)/t9-,10+,12+,13-/m1/s1. The Kier molecular flexibility index (Phi) is 7.06. The Bertz CT molecular complexity index is 802. The summed E-state index contributed by atoms with van der Waals surface area (Å²) < 4.78 is 18.1. The molecule has 0 aliphatic heterocycles. The Hall–Kier alpha value is -2.55. The topological polar surface area (TPSA) is 116 Å². The molecule has 0 heterocycles. The number of hydrogen-bond donors (Lipinski definition) is 1. The highest BCUT2D eigenvalue weighted by molar-refractivity contribution is 6.33. The van der Waals surface area contributed by atoms with Gasteiger partial charge in [0.05, 0.1) is 17.1 Å². The highest BCUT2D eigenvalue weighted by Gasteiger charge is 2.44. The van der Waals surface area contributed by atoms with Gasteiger partial charge in [-0.05, 0) is 31.0 Å². The number of halogens is 2. The van der Waals surface area contributed by atoms with E-state index in [4.69, 9.17) is 16.3 Å². The van der Waals surface area contributed by atoms with E-state index in [0.29, 0.717) is 0 Å². The second-order valence-electron chi connectivity index (χ2n) is 6.88. The molecule has 0 aromatic heterocycles. The summed E-state index contributed by atoms with van der Waals surface area (Å²) >= 11 is 5.83. The smallest absolute Gasteiger partial charge is 0.307 e. The minimum absolute atomic E-state index is 0.0139. The van der Waals surface area contributed by atoms with E-state index < -0.39 is 47.1 Å². The summed E-state index contributed by atoms with van der Waals surface area (Å²) in [7, 11) is 0. The zero-order valence-electron chi connectivity index (χ0n) is 15.3. The lowest BCUT2D eigenvalue weighted by Crippen LogP contribution is -2.32. The largest absolute Gasteiger partial charge is 0.453 e. The quantitative estimate of drug-likeness (QED) is 0.416. The number of carbonyl (C=O) groups is 3. The lowest BCUT2D eigenvalue weighted by atomic mass is 9.88. The number of esters is 1. The minimum atomic E-state index is -1.20. The average Bonchev–Trinajstić information content (AvgIpc) is 2.83. The van der Waals surface area contributed by atoms with Crippen LogP contribution in [0.25, 0.3) is 0 Å². The molecule has 0 saturated heterocycles. The number of anilines is 1. The number of Topliss-reactive ketones (excluding diaryl/α,β-unsaturated/α-hetero) is 1. The van der Waals surface area contributed by atoms with Gasteiger partial charge in [0.15, 0.2) is 6.10 Å². The maximum absolute atomic E-state index is 13.0. The van der Waals surface area contributed by atoms with Gasteiger partial charge in [-0.15, -0.1) is 0 Å². The van der Waals surface area contributed by atoms with Gasteiger partial charge in [0.1, 0.15) is 11.6 Å². The zero-order valence-corrected chi connectivity index (χ0v) is 16.1. The number of nitrogens with zero attached hydrogens (tertiary/aromatic N) is 1. The van der Waals surface area contributed by atoms with Crippen LogP contribution in [0.5, 0.6) is 0 Å². The van der Waals surface area contributed by atoms with Crippen LogP contribution in [0.1, 0.15) is 26.7 Å². The first-order valence-electron chi connectivity index (χ1n) is 8.68. The van der Waals surface area contributed by atoms with Crippen LogP contribution in [0.4, 0.5) is 10.1 Å². The predicted octanol–water partition coefficient (Wildman–Crippen LogP) is 2.86. The second kappa shape index (κ2) is 9.09. The second-order valence-corrected chi connectivity index (χ2v) is 7.29. The van der Waals surface area contributed by atoms with Crippen molar-refractivity contribution in [2.75, 3.05) is 11.9 Å². The lowest BCUT2D eigenvalue weighted by molar-refractivity contribution is -0.490. The van der Waals surface area contributed by atoms with Crippen LogP contribution < -0.4 is 5.32 Å². The van der Waals surface area contributed by atoms with E-state index in [-0.39, 0.29) is 35.3 Å². The molecule has 1 aliphatic carbocycles. The number of amides is 1. The van der Waals surface area contributed by atoms with Crippen molar-refractivity contribution in [3.63, 3.8) is 0 Å². The molecular weight excluding hydrogens is 395 g/mol.